The quantitative estimate of drug-likeness (QED) is 0.489. The van der Waals surface area contributed by atoms with Crippen LogP contribution in [0.5, 0.6) is 0 Å². The van der Waals surface area contributed by atoms with E-state index in [1.807, 2.05) is 13.8 Å². The van der Waals surface area contributed by atoms with Crippen molar-refractivity contribution in [2.75, 3.05) is 23.3 Å². The van der Waals surface area contributed by atoms with Crippen LogP contribution in [0.15, 0.2) is 36.7 Å². The average Bonchev–Trinajstić information content (AvgIpc) is 3.36. The highest BCUT2D eigenvalue weighted by Gasteiger charge is 2.35. The Labute approximate surface area is 211 Å². The number of aliphatic hydroxyl groups is 1. The van der Waals surface area contributed by atoms with E-state index in [4.69, 9.17) is 4.98 Å². The third kappa shape index (κ3) is 6.07. The lowest BCUT2D eigenvalue weighted by atomic mass is 9.90. The van der Waals surface area contributed by atoms with Crippen molar-refractivity contribution in [2.45, 2.75) is 57.3 Å². The average molecular weight is 516 g/mol. The summed E-state index contributed by atoms with van der Waals surface area (Å²) in [6.07, 6.45) is 0.963. The first kappa shape index (κ1) is 25.1. The van der Waals surface area contributed by atoms with Gasteiger partial charge in [0.25, 0.3) is 5.91 Å². The molecule has 0 unspecified atom stereocenters. The SMILES string of the molecule is CC(C)(O)[C@@H]1CCN(c2cc(NC(=O)c3cccc(-c4cnn(CC(F)(F)F)c4)n3)nc(C3CC3)n2)C1. The zero-order chi connectivity index (χ0) is 26.4. The lowest BCUT2D eigenvalue weighted by molar-refractivity contribution is -0.142. The number of amides is 1. The minimum Gasteiger partial charge on any atom is -0.390 e. The first-order valence-corrected chi connectivity index (χ1v) is 12.2. The topological polar surface area (TPSA) is 109 Å². The van der Waals surface area contributed by atoms with Crippen LogP contribution in [-0.2, 0) is 6.54 Å². The smallest absolute Gasteiger partial charge is 0.390 e. The molecule has 1 atom stereocenters. The zero-order valence-corrected chi connectivity index (χ0v) is 20.5. The molecule has 37 heavy (non-hydrogen) atoms. The zero-order valence-electron chi connectivity index (χ0n) is 20.5. The van der Waals surface area contributed by atoms with Crippen molar-refractivity contribution < 1.29 is 23.1 Å². The van der Waals surface area contributed by atoms with E-state index in [9.17, 15) is 23.1 Å². The Kier molecular flexibility index (Phi) is 6.38. The number of aromatic nitrogens is 5. The summed E-state index contributed by atoms with van der Waals surface area (Å²) >= 11 is 0. The molecule has 0 bridgehead atoms. The number of hydrogen-bond acceptors (Lipinski definition) is 7. The van der Waals surface area contributed by atoms with E-state index >= 15 is 0 Å². The van der Waals surface area contributed by atoms with Crippen LogP contribution in [-0.4, -0.2) is 60.6 Å². The normalized spacial score (nSPS) is 18.3. The first-order valence-electron chi connectivity index (χ1n) is 12.2. The molecular formula is C25H28F3N7O2. The molecule has 1 aliphatic carbocycles. The second kappa shape index (κ2) is 9.40. The molecule has 3 aromatic rings. The van der Waals surface area contributed by atoms with Crippen LogP contribution in [0.4, 0.5) is 24.8 Å². The highest BCUT2D eigenvalue weighted by molar-refractivity contribution is 6.02. The van der Waals surface area contributed by atoms with Crippen molar-refractivity contribution >= 4 is 17.5 Å². The van der Waals surface area contributed by atoms with Gasteiger partial charge in [0.15, 0.2) is 0 Å². The van der Waals surface area contributed by atoms with Crippen LogP contribution in [0.25, 0.3) is 11.3 Å². The van der Waals surface area contributed by atoms with Gasteiger partial charge >= 0.3 is 6.18 Å². The van der Waals surface area contributed by atoms with Gasteiger partial charge < -0.3 is 15.3 Å². The monoisotopic (exact) mass is 515 g/mol. The van der Waals surface area contributed by atoms with Crippen molar-refractivity contribution in [1.29, 1.82) is 0 Å². The van der Waals surface area contributed by atoms with Gasteiger partial charge in [-0.1, -0.05) is 6.07 Å². The van der Waals surface area contributed by atoms with E-state index in [-0.39, 0.29) is 17.5 Å². The molecule has 2 N–H and O–H groups in total. The summed E-state index contributed by atoms with van der Waals surface area (Å²) in [7, 11) is 0. The maximum atomic E-state index is 13.1. The van der Waals surface area contributed by atoms with Gasteiger partial charge in [0.1, 0.15) is 29.7 Å². The summed E-state index contributed by atoms with van der Waals surface area (Å²) in [6.45, 7) is 3.81. The molecule has 0 radical (unpaired) electrons. The van der Waals surface area contributed by atoms with E-state index in [0.717, 1.165) is 30.5 Å². The van der Waals surface area contributed by atoms with Gasteiger partial charge in [0.05, 0.1) is 17.5 Å². The number of alkyl halides is 3. The summed E-state index contributed by atoms with van der Waals surface area (Å²) in [6, 6.07) is 6.46. The first-order chi connectivity index (χ1) is 17.4. The summed E-state index contributed by atoms with van der Waals surface area (Å²) in [5, 5.41) is 17.0. The Morgan fingerprint density at radius 3 is 2.62 bits per heavy atom. The lowest BCUT2D eigenvalue weighted by Crippen LogP contribution is -2.33. The van der Waals surface area contributed by atoms with Crippen molar-refractivity contribution in [1.82, 2.24) is 24.7 Å². The molecule has 5 rings (SSSR count). The largest absolute Gasteiger partial charge is 0.408 e. The molecule has 1 saturated carbocycles. The molecule has 1 saturated heterocycles. The van der Waals surface area contributed by atoms with Crippen LogP contribution in [0.2, 0.25) is 0 Å². The molecule has 1 aliphatic heterocycles. The summed E-state index contributed by atoms with van der Waals surface area (Å²) in [5.74, 6) is 1.62. The molecule has 4 heterocycles. The van der Waals surface area contributed by atoms with E-state index in [0.29, 0.717) is 35.3 Å². The third-order valence-corrected chi connectivity index (χ3v) is 6.68. The number of carbonyl (C=O) groups excluding carboxylic acids is 1. The minimum atomic E-state index is -4.39. The van der Waals surface area contributed by atoms with Gasteiger partial charge in [0, 0.05) is 42.8 Å². The molecule has 196 valence electrons. The van der Waals surface area contributed by atoms with Gasteiger partial charge in [-0.15, -0.1) is 0 Å². The Morgan fingerprint density at radius 2 is 1.95 bits per heavy atom. The molecule has 1 amide bonds. The van der Waals surface area contributed by atoms with Gasteiger partial charge in [-0.25, -0.2) is 15.0 Å². The highest BCUT2D eigenvalue weighted by atomic mass is 19.4. The summed E-state index contributed by atoms with van der Waals surface area (Å²) < 4.78 is 38.8. The van der Waals surface area contributed by atoms with Crippen LogP contribution in [0.1, 0.15) is 55.3 Å². The van der Waals surface area contributed by atoms with E-state index < -0.39 is 24.2 Å². The summed E-state index contributed by atoms with van der Waals surface area (Å²) in [5.41, 5.74) is 0.00268. The van der Waals surface area contributed by atoms with Gasteiger partial charge in [-0.3, -0.25) is 9.48 Å². The highest BCUT2D eigenvalue weighted by Crippen LogP contribution is 2.40. The lowest BCUT2D eigenvalue weighted by Gasteiger charge is -2.26. The molecular weight excluding hydrogens is 487 g/mol. The fourth-order valence-electron chi connectivity index (χ4n) is 4.42. The number of halogens is 3. The van der Waals surface area contributed by atoms with Crippen LogP contribution in [0.3, 0.4) is 0 Å². The maximum Gasteiger partial charge on any atom is 0.408 e. The van der Waals surface area contributed by atoms with E-state index in [2.05, 4.69) is 25.3 Å². The predicted molar refractivity (Wildman–Crippen MR) is 130 cm³/mol. The molecule has 2 fully saturated rings. The Bertz CT molecular complexity index is 1300. The molecule has 0 spiro atoms. The number of rotatable bonds is 7. The predicted octanol–water partition coefficient (Wildman–Crippen LogP) is 4.02. The molecule has 2 aliphatic rings. The second-order valence-corrected chi connectivity index (χ2v) is 10.2. The van der Waals surface area contributed by atoms with Crippen molar-refractivity contribution in [3.8, 4) is 11.3 Å². The minimum absolute atomic E-state index is 0.0949. The van der Waals surface area contributed by atoms with Crippen molar-refractivity contribution in [3.63, 3.8) is 0 Å². The van der Waals surface area contributed by atoms with Crippen molar-refractivity contribution in [2.24, 2.45) is 5.92 Å². The molecule has 3 aromatic heterocycles. The van der Waals surface area contributed by atoms with E-state index in [1.54, 1.807) is 18.2 Å². The number of anilines is 2. The number of pyridine rings is 1. The number of carbonyl (C=O) groups is 1. The number of hydrogen-bond donors (Lipinski definition) is 2. The molecule has 12 heteroatoms. The Hall–Kier alpha value is -3.54. The van der Waals surface area contributed by atoms with Gasteiger partial charge in [0.2, 0.25) is 0 Å². The van der Waals surface area contributed by atoms with E-state index in [1.165, 1.54) is 18.5 Å². The van der Waals surface area contributed by atoms with Crippen LogP contribution in [0, 0.1) is 5.92 Å². The van der Waals surface area contributed by atoms with Crippen LogP contribution < -0.4 is 10.2 Å². The maximum absolute atomic E-state index is 13.1. The Morgan fingerprint density at radius 1 is 1.16 bits per heavy atom. The second-order valence-electron chi connectivity index (χ2n) is 10.2. The Balaban J connectivity index is 1.34. The van der Waals surface area contributed by atoms with Gasteiger partial charge in [-0.2, -0.15) is 18.3 Å². The molecule has 9 nitrogen and oxygen atoms in total. The van der Waals surface area contributed by atoms with Gasteiger partial charge in [-0.05, 0) is 45.2 Å². The number of nitrogens with one attached hydrogen (secondary N) is 1. The summed E-state index contributed by atoms with van der Waals surface area (Å²) in [4.78, 5) is 28.8. The van der Waals surface area contributed by atoms with Crippen molar-refractivity contribution in [3.05, 3.63) is 48.2 Å². The fraction of sp³-hybridized carbons (Fsp3) is 0.480. The fourth-order valence-corrected chi connectivity index (χ4v) is 4.42. The third-order valence-electron chi connectivity index (χ3n) is 6.68. The molecule has 0 aromatic carbocycles. The standard InChI is InChI=1S/C25H28F3N7O2/c1-24(2,37)17-8-9-34(13-17)21-10-20(31-22(33-21)15-6-7-15)32-23(36)19-5-3-4-18(30-19)16-11-29-35(12-16)14-25(26,27)28/h3-5,10-12,15,17,37H,6-9,13-14H2,1-2H3,(H,31,32,33,36)/t17-/m1/s1. The number of nitrogens with zero attached hydrogens (tertiary/aromatic N) is 6. The van der Waals surface area contributed by atoms with Crippen LogP contribution >= 0.6 is 0 Å².